The third-order valence-corrected chi connectivity index (χ3v) is 7.78. The van der Waals surface area contributed by atoms with E-state index in [0.29, 0.717) is 24.6 Å². The first-order valence-corrected chi connectivity index (χ1v) is 14.5. The monoisotopic (exact) mass is 558 g/mol. The van der Waals surface area contributed by atoms with Crippen LogP contribution in [0.5, 0.6) is 0 Å². The number of aryl methyl sites for hydroxylation is 1. The molecule has 1 aromatic heterocycles. The summed E-state index contributed by atoms with van der Waals surface area (Å²) in [4.78, 5) is 46.2. The molecule has 1 unspecified atom stereocenters. The number of likely N-dealkylation sites (tertiary alicyclic amines) is 1. The molecule has 4 N–H and O–H groups in total. The Kier molecular flexibility index (Phi) is 9.94. The number of rotatable bonds is 11. The molecule has 0 saturated carbocycles. The van der Waals surface area contributed by atoms with Gasteiger partial charge in [0.05, 0.1) is 11.9 Å². The first-order valence-electron chi connectivity index (χ1n) is 14.5. The first kappa shape index (κ1) is 30.0. The molecule has 0 radical (unpaired) electrons. The van der Waals surface area contributed by atoms with Crippen molar-refractivity contribution in [2.24, 2.45) is 11.7 Å². The SMILES string of the molecule is CCC1CCN(C(=O)C(c2ccccc2)n2cnc(NC(=O)[C@@H](CCc3ccccc3)NC(=O)C(C)(C)N)c2)CC1. The van der Waals surface area contributed by atoms with Gasteiger partial charge in [0, 0.05) is 19.3 Å². The van der Waals surface area contributed by atoms with Crippen molar-refractivity contribution >= 4 is 23.5 Å². The normalized spacial score (nSPS) is 15.7. The second kappa shape index (κ2) is 13.6. The molecule has 9 nitrogen and oxygen atoms in total. The van der Waals surface area contributed by atoms with E-state index in [0.717, 1.165) is 43.5 Å². The van der Waals surface area contributed by atoms with E-state index in [-0.39, 0.29) is 5.91 Å². The Morgan fingerprint density at radius 2 is 1.66 bits per heavy atom. The van der Waals surface area contributed by atoms with Gasteiger partial charge in [0.1, 0.15) is 12.1 Å². The maximum absolute atomic E-state index is 13.8. The summed E-state index contributed by atoms with van der Waals surface area (Å²) in [5.74, 6) is 0.161. The van der Waals surface area contributed by atoms with Crippen molar-refractivity contribution in [3.63, 3.8) is 0 Å². The molecule has 41 heavy (non-hydrogen) atoms. The predicted molar refractivity (Wildman–Crippen MR) is 160 cm³/mol. The van der Waals surface area contributed by atoms with Gasteiger partial charge >= 0.3 is 0 Å². The van der Waals surface area contributed by atoms with Gasteiger partial charge < -0.3 is 25.8 Å². The van der Waals surface area contributed by atoms with E-state index in [2.05, 4.69) is 22.5 Å². The molecular weight excluding hydrogens is 516 g/mol. The lowest BCUT2D eigenvalue weighted by Crippen LogP contribution is -2.55. The van der Waals surface area contributed by atoms with Crippen LogP contribution in [0.4, 0.5) is 5.82 Å². The Hall–Kier alpha value is -3.98. The quantitative estimate of drug-likeness (QED) is 0.329. The standard InChI is InChI=1S/C32H42N6O3/c1-4-23-17-19-37(20-18-23)30(40)28(25-13-9-6-10-14-25)38-21-27(34-22-38)36-29(39)26(35-31(41)32(2,3)33)16-15-24-11-7-5-8-12-24/h5-14,21-23,26,28H,4,15-20,33H2,1-3H3,(H,35,41)(H,36,39)/t26-,28?/m1/s1. The Morgan fingerprint density at radius 1 is 1.02 bits per heavy atom. The van der Waals surface area contributed by atoms with Gasteiger partial charge in [0.2, 0.25) is 17.7 Å². The van der Waals surface area contributed by atoms with Gasteiger partial charge in [-0.3, -0.25) is 14.4 Å². The zero-order chi connectivity index (χ0) is 29.4. The molecular formula is C32H42N6O3. The van der Waals surface area contributed by atoms with Gasteiger partial charge in [-0.25, -0.2) is 4.98 Å². The van der Waals surface area contributed by atoms with E-state index < -0.39 is 29.4 Å². The molecule has 2 aromatic carbocycles. The van der Waals surface area contributed by atoms with Crippen molar-refractivity contribution in [2.45, 2.75) is 70.5 Å². The van der Waals surface area contributed by atoms with Crippen LogP contribution in [-0.4, -0.2) is 56.8 Å². The lowest BCUT2D eigenvalue weighted by molar-refractivity contribution is -0.135. The summed E-state index contributed by atoms with van der Waals surface area (Å²) in [6.45, 7) is 6.87. The summed E-state index contributed by atoms with van der Waals surface area (Å²) in [5.41, 5.74) is 6.76. The van der Waals surface area contributed by atoms with Crippen LogP contribution in [-0.2, 0) is 20.8 Å². The van der Waals surface area contributed by atoms with Gasteiger partial charge in [0.25, 0.3) is 0 Å². The number of carbonyl (C=O) groups is 3. The van der Waals surface area contributed by atoms with Gasteiger partial charge in [-0.1, -0.05) is 74.0 Å². The van der Waals surface area contributed by atoms with Crippen molar-refractivity contribution in [1.82, 2.24) is 19.8 Å². The highest BCUT2D eigenvalue weighted by atomic mass is 16.2. The third kappa shape index (κ3) is 8.04. The summed E-state index contributed by atoms with van der Waals surface area (Å²) < 4.78 is 1.75. The maximum Gasteiger partial charge on any atom is 0.250 e. The molecule has 3 aromatic rings. The largest absolute Gasteiger partial charge is 0.343 e. The number of carbonyl (C=O) groups excluding carboxylic acids is 3. The number of amides is 3. The Labute approximate surface area is 242 Å². The minimum Gasteiger partial charge on any atom is -0.343 e. The molecule has 2 heterocycles. The van der Waals surface area contributed by atoms with Crippen LogP contribution in [0.25, 0.3) is 0 Å². The molecule has 1 fully saturated rings. The zero-order valence-electron chi connectivity index (χ0n) is 24.3. The number of nitrogens with one attached hydrogen (secondary N) is 2. The molecule has 218 valence electrons. The number of hydrogen-bond acceptors (Lipinski definition) is 5. The predicted octanol–water partition coefficient (Wildman–Crippen LogP) is 3.91. The second-order valence-electron chi connectivity index (χ2n) is 11.5. The van der Waals surface area contributed by atoms with Crippen LogP contribution in [0, 0.1) is 5.92 Å². The summed E-state index contributed by atoms with van der Waals surface area (Å²) in [6.07, 6.45) is 7.37. The van der Waals surface area contributed by atoms with Crippen LogP contribution >= 0.6 is 0 Å². The van der Waals surface area contributed by atoms with Gasteiger partial charge in [-0.15, -0.1) is 0 Å². The molecule has 4 rings (SSSR count). The number of piperidine rings is 1. The van der Waals surface area contributed by atoms with E-state index in [1.54, 1.807) is 30.9 Å². The number of nitrogens with two attached hydrogens (primary N) is 1. The molecule has 9 heteroatoms. The number of aromatic nitrogens is 2. The Morgan fingerprint density at radius 3 is 2.27 bits per heavy atom. The van der Waals surface area contributed by atoms with E-state index in [4.69, 9.17) is 5.73 Å². The average molecular weight is 559 g/mol. The number of benzene rings is 2. The summed E-state index contributed by atoms with van der Waals surface area (Å²) in [6, 6.07) is 18.0. The van der Waals surface area contributed by atoms with Crippen molar-refractivity contribution in [3.8, 4) is 0 Å². The maximum atomic E-state index is 13.8. The molecule has 1 aliphatic heterocycles. The number of nitrogens with zero attached hydrogens (tertiary/aromatic N) is 3. The Bertz CT molecular complexity index is 1290. The fourth-order valence-corrected chi connectivity index (χ4v) is 5.14. The summed E-state index contributed by atoms with van der Waals surface area (Å²) in [5, 5.41) is 5.64. The van der Waals surface area contributed by atoms with Crippen LogP contribution < -0.4 is 16.4 Å². The number of imidazole rings is 1. The van der Waals surface area contributed by atoms with Gasteiger partial charge in [0.15, 0.2) is 5.82 Å². The highest BCUT2D eigenvalue weighted by Gasteiger charge is 2.31. The van der Waals surface area contributed by atoms with Crippen molar-refractivity contribution < 1.29 is 14.4 Å². The van der Waals surface area contributed by atoms with Crippen molar-refractivity contribution in [3.05, 3.63) is 84.3 Å². The second-order valence-corrected chi connectivity index (χ2v) is 11.5. The molecule has 1 saturated heterocycles. The molecule has 1 aliphatic rings. The molecule has 0 bridgehead atoms. The van der Waals surface area contributed by atoms with Gasteiger partial charge in [-0.05, 0) is 56.6 Å². The molecule has 0 aliphatic carbocycles. The Balaban J connectivity index is 1.51. The highest BCUT2D eigenvalue weighted by molar-refractivity contribution is 5.98. The molecule has 0 spiro atoms. The van der Waals surface area contributed by atoms with E-state index in [9.17, 15) is 14.4 Å². The summed E-state index contributed by atoms with van der Waals surface area (Å²) >= 11 is 0. The smallest absolute Gasteiger partial charge is 0.250 e. The lowest BCUT2D eigenvalue weighted by Gasteiger charge is -2.34. The van der Waals surface area contributed by atoms with Crippen LogP contribution in [0.1, 0.15) is 63.6 Å². The van der Waals surface area contributed by atoms with Crippen LogP contribution in [0.3, 0.4) is 0 Å². The number of anilines is 1. The highest BCUT2D eigenvalue weighted by Crippen LogP contribution is 2.27. The van der Waals surface area contributed by atoms with Gasteiger partial charge in [-0.2, -0.15) is 0 Å². The minimum atomic E-state index is -1.14. The van der Waals surface area contributed by atoms with E-state index >= 15 is 0 Å². The van der Waals surface area contributed by atoms with Crippen molar-refractivity contribution in [1.29, 1.82) is 0 Å². The third-order valence-electron chi connectivity index (χ3n) is 7.78. The zero-order valence-corrected chi connectivity index (χ0v) is 24.3. The minimum absolute atomic E-state index is 0.0132. The summed E-state index contributed by atoms with van der Waals surface area (Å²) in [7, 11) is 0. The van der Waals surface area contributed by atoms with Crippen LogP contribution in [0.15, 0.2) is 73.2 Å². The fourth-order valence-electron chi connectivity index (χ4n) is 5.14. The molecule has 3 amide bonds. The first-order chi connectivity index (χ1) is 19.7. The average Bonchev–Trinajstić information content (AvgIpc) is 3.43. The number of hydrogen-bond donors (Lipinski definition) is 3. The molecule has 2 atom stereocenters. The van der Waals surface area contributed by atoms with Crippen molar-refractivity contribution in [2.75, 3.05) is 18.4 Å². The van der Waals surface area contributed by atoms with E-state index in [1.807, 2.05) is 65.6 Å². The van der Waals surface area contributed by atoms with Crippen LogP contribution in [0.2, 0.25) is 0 Å². The topological polar surface area (TPSA) is 122 Å². The fraction of sp³-hybridized carbons (Fsp3) is 0.438. The lowest BCUT2D eigenvalue weighted by atomic mass is 9.93. The van der Waals surface area contributed by atoms with E-state index in [1.165, 1.54) is 0 Å².